The number of esters is 1. The number of carbonyl (C=O) groups is 1. The molecule has 6 nitrogen and oxygen atoms in total. The summed E-state index contributed by atoms with van der Waals surface area (Å²) < 4.78 is 4.86. The molecule has 1 aliphatic rings. The minimum absolute atomic E-state index is 0.356. The van der Waals surface area contributed by atoms with E-state index >= 15 is 0 Å². The van der Waals surface area contributed by atoms with Crippen LogP contribution in [0.4, 0.5) is 0 Å². The lowest BCUT2D eigenvalue weighted by molar-refractivity contribution is -0.156. The van der Waals surface area contributed by atoms with Crippen LogP contribution in [0.1, 0.15) is 22.3 Å². The molecule has 0 aromatic heterocycles. The van der Waals surface area contributed by atoms with Gasteiger partial charge in [-0.05, 0) is 25.0 Å². The van der Waals surface area contributed by atoms with E-state index in [1.54, 1.807) is 48.5 Å². The summed E-state index contributed by atoms with van der Waals surface area (Å²) in [5.41, 5.74) is 0.652. The molecule has 0 saturated carbocycles. The summed E-state index contributed by atoms with van der Waals surface area (Å²) >= 11 is 0. The molecular weight excluding hydrogens is 336 g/mol. The van der Waals surface area contributed by atoms with Gasteiger partial charge in [0.05, 0.1) is 0 Å². The van der Waals surface area contributed by atoms with E-state index in [9.17, 15) is 25.2 Å². The van der Waals surface area contributed by atoms with Gasteiger partial charge in [-0.15, -0.1) is 0 Å². The van der Waals surface area contributed by atoms with Gasteiger partial charge in [-0.2, -0.15) is 0 Å². The van der Waals surface area contributed by atoms with Crippen LogP contribution in [0.2, 0.25) is 0 Å². The summed E-state index contributed by atoms with van der Waals surface area (Å²) in [7, 11) is 0. The summed E-state index contributed by atoms with van der Waals surface area (Å²) in [4.78, 5) is 11.5. The first kappa shape index (κ1) is 18.0. The molecule has 6 heteroatoms. The Labute approximate surface area is 150 Å². The van der Waals surface area contributed by atoms with Crippen LogP contribution in [0, 0.1) is 13.8 Å². The van der Waals surface area contributed by atoms with Crippen LogP contribution in [0.25, 0.3) is 0 Å². The smallest absolute Gasteiger partial charge is 0.377 e. The highest BCUT2D eigenvalue weighted by atomic mass is 16.6. The van der Waals surface area contributed by atoms with Crippen LogP contribution >= 0.6 is 0 Å². The number of hydrogen-bond donors (Lipinski definition) is 4. The van der Waals surface area contributed by atoms with Crippen LogP contribution in [0.15, 0.2) is 60.0 Å². The third kappa shape index (κ3) is 2.83. The molecule has 0 aliphatic carbocycles. The fourth-order valence-corrected chi connectivity index (χ4v) is 3.02. The van der Waals surface area contributed by atoms with Crippen molar-refractivity contribution in [3.63, 3.8) is 0 Å². The first-order valence-electron chi connectivity index (χ1n) is 8.13. The number of rotatable bonds is 4. The van der Waals surface area contributed by atoms with Gasteiger partial charge < -0.3 is 25.2 Å². The lowest BCUT2D eigenvalue weighted by Gasteiger charge is -2.36. The van der Waals surface area contributed by atoms with E-state index in [0.717, 1.165) is 11.1 Å². The first-order valence-corrected chi connectivity index (χ1v) is 8.13. The molecule has 1 heterocycles. The number of aryl methyl sites for hydroxylation is 2. The number of benzene rings is 2. The Bertz CT molecular complexity index is 805. The van der Waals surface area contributed by atoms with Crippen molar-refractivity contribution in [1.29, 1.82) is 0 Å². The van der Waals surface area contributed by atoms with E-state index in [1.165, 1.54) is 0 Å². The van der Waals surface area contributed by atoms with Gasteiger partial charge in [0.2, 0.25) is 5.76 Å². The Hall–Kier alpha value is -2.83. The zero-order chi connectivity index (χ0) is 19.1. The van der Waals surface area contributed by atoms with Gasteiger partial charge in [-0.3, -0.25) is 0 Å². The molecule has 2 aromatic rings. The van der Waals surface area contributed by atoms with Crippen molar-refractivity contribution >= 4 is 5.97 Å². The molecule has 4 N–H and O–H groups in total. The molecule has 0 fully saturated rings. The maximum Gasteiger partial charge on any atom is 0.377 e. The van der Waals surface area contributed by atoms with Crippen molar-refractivity contribution in [3.05, 3.63) is 82.3 Å². The molecule has 26 heavy (non-hydrogen) atoms. The zero-order valence-electron chi connectivity index (χ0n) is 14.4. The number of cyclic esters (lactones) is 1. The van der Waals surface area contributed by atoms with E-state index in [0.29, 0.717) is 11.1 Å². The van der Waals surface area contributed by atoms with Gasteiger partial charge in [0.25, 0.3) is 0 Å². The van der Waals surface area contributed by atoms with Crippen molar-refractivity contribution in [2.45, 2.75) is 31.7 Å². The minimum Gasteiger partial charge on any atom is -0.505 e. The topological polar surface area (TPSA) is 107 Å². The highest BCUT2D eigenvalue weighted by molar-refractivity contribution is 5.89. The van der Waals surface area contributed by atoms with Crippen molar-refractivity contribution < 1.29 is 30.0 Å². The predicted molar refractivity (Wildman–Crippen MR) is 93.5 cm³/mol. The number of aliphatic hydroxyl groups is 4. The first-order chi connectivity index (χ1) is 12.2. The zero-order valence-corrected chi connectivity index (χ0v) is 14.4. The Morgan fingerprint density at radius 2 is 1.35 bits per heavy atom. The SMILES string of the molecule is Cc1ccc(C(O)(c2ccc(C)cc2)[C@H](O)[C@H]2OC(=O)C(O)=C2O)cc1. The van der Waals surface area contributed by atoms with Gasteiger partial charge >= 0.3 is 5.97 Å². The Morgan fingerprint density at radius 3 is 1.69 bits per heavy atom. The molecule has 2 aromatic carbocycles. The quantitative estimate of drug-likeness (QED) is 0.626. The second kappa shape index (κ2) is 6.48. The third-order valence-corrected chi connectivity index (χ3v) is 4.64. The maximum atomic E-state index is 11.5. The summed E-state index contributed by atoms with van der Waals surface area (Å²) in [5.74, 6) is -2.92. The van der Waals surface area contributed by atoms with Gasteiger partial charge in [-0.1, -0.05) is 59.7 Å². The fraction of sp³-hybridized carbons (Fsp3) is 0.250. The largest absolute Gasteiger partial charge is 0.505 e. The molecule has 0 bridgehead atoms. The summed E-state index contributed by atoms with van der Waals surface area (Å²) in [5, 5.41) is 41.9. The van der Waals surface area contributed by atoms with Gasteiger partial charge in [0.15, 0.2) is 11.9 Å². The highest BCUT2D eigenvalue weighted by Gasteiger charge is 2.50. The summed E-state index contributed by atoms with van der Waals surface area (Å²) in [6.07, 6.45) is -3.34. The normalized spacial score (nSPS) is 18.8. The van der Waals surface area contributed by atoms with Crippen molar-refractivity contribution in [2.75, 3.05) is 0 Å². The average Bonchev–Trinajstić information content (AvgIpc) is 2.89. The molecule has 1 aliphatic heterocycles. The van der Waals surface area contributed by atoms with Crippen LogP contribution in [-0.2, 0) is 15.1 Å². The molecule has 0 saturated heterocycles. The molecule has 3 rings (SSSR count). The second-order valence-electron chi connectivity index (χ2n) is 6.50. The molecule has 136 valence electrons. The Balaban J connectivity index is 2.13. The van der Waals surface area contributed by atoms with E-state index < -0.39 is 35.3 Å². The molecule has 0 radical (unpaired) electrons. The second-order valence-corrected chi connectivity index (χ2v) is 6.50. The van der Waals surface area contributed by atoms with E-state index in [2.05, 4.69) is 0 Å². The Kier molecular flexibility index (Phi) is 4.48. The third-order valence-electron chi connectivity index (χ3n) is 4.64. The molecular formula is C20H20O6. The van der Waals surface area contributed by atoms with Crippen LogP contribution < -0.4 is 0 Å². The van der Waals surface area contributed by atoms with E-state index in [4.69, 9.17) is 4.74 Å². The molecule has 0 unspecified atom stereocenters. The monoisotopic (exact) mass is 356 g/mol. The minimum atomic E-state index is -1.98. The van der Waals surface area contributed by atoms with E-state index in [-0.39, 0.29) is 0 Å². The molecule has 0 spiro atoms. The van der Waals surface area contributed by atoms with Gasteiger partial charge in [-0.25, -0.2) is 4.79 Å². The number of aliphatic hydroxyl groups excluding tert-OH is 3. The van der Waals surface area contributed by atoms with Crippen molar-refractivity contribution in [3.8, 4) is 0 Å². The number of hydrogen-bond acceptors (Lipinski definition) is 6. The fourth-order valence-electron chi connectivity index (χ4n) is 3.02. The summed E-state index contributed by atoms with van der Waals surface area (Å²) in [6, 6.07) is 13.7. The van der Waals surface area contributed by atoms with Crippen LogP contribution in [0.5, 0.6) is 0 Å². The van der Waals surface area contributed by atoms with Crippen molar-refractivity contribution in [2.24, 2.45) is 0 Å². The van der Waals surface area contributed by atoms with Gasteiger partial charge in [0, 0.05) is 0 Å². The number of ether oxygens (including phenoxy) is 1. The maximum absolute atomic E-state index is 11.5. The summed E-state index contributed by atoms with van der Waals surface area (Å²) in [6.45, 7) is 3.77. The number of carbonyl (C=O) groups excluding carboxylic acids is 1. The lowest BCUT2D eigenvalue weighted by atomic mass is 9.79. The molecule has 2 atom stereocenters. The predicted octanol–water partition coefficient (Wildman–Crippen LogP) is 2.15. The highest BCUT2D eigenvalue weighted by Crippen LogP contribution is 2.38. The lowest BCUT2D eigenvalue weighted by Crippen LogP contribution is -2.48. The standard InChI is InChI=1S/C20H20O6/c1-11-3-7-13(8-4-11)20(25,14-9-5-12(2)6-10-14)18(23)17-15(21)16(22)19(24)26-17/h3-10,17-18,21-23,25H,1-2H3/t17-,18+/m0/s1. The van der Waals surface area contributed by atoms with Gasteiger partial charge in [0.1, 0.15) is 11.7 Å². The van der Waals surface area contributed by atoms with Crippen LogP contribution in [-0.4, -0.2) is 38.6 Å². The Morgan fingerprint density at radius 1 is 0.923 bits per heavy atom. The molecule has 0 amide bonds. The van der Waals surface area contributed by atoms with E-state index in [1.807, 2.05) is 13.8 Å². The van der Waals surface area contributed by atoms with Crippen LogP contribution in [0.3, 0.4) is 0 Å². The van der Waals surface area contributed by atoms with Crippen molar-refractivity contribution in [1.82, 2.24) is 0 Å². The average molecular weight is 356 g/mol.